The Morgan fingerprint density at radius 1 is 1.16 bits per heavy atom. The van der Waals surface area contributed by atoms with Crippen LogP contribution in [-0.2, 0) is 11.2 Å². The summed E-state index contributed by atoms with van der Waals surface area (Å²) in [6.07, 6.45) is 2.39. The number of rotatable bonds is 9. The van der Waals surface area contributed by atoms with Crippen LogP contribution in [0.25, 0.3) is 0 Å². The van der Waals surface area contributed by atoms with Gasteiger partial charge < -0.3 is 28.7 Å². The summed E-state index contributed by atoms with van der Waals surface area (Å²) in [6, 6.07) is 14.2. The van der Waals surface area contributed by atoms with E-state index < -0.39 is 0 Å². The zero-order valence-corrected chi connectivity index (χ0v) is 21.4. The molecule has 2 aromatic carbocycles. The second kappa shape index (κ2) is 11.0. The molecule has 0 spiro atoms. The summed E-state index contributed by atoms with van der Waals surface area (Å²) in [5, 5.41) is 2.05. The lowest BCUT2D eigenvalue weighted by Crippen LogP contribution is -2.47. The summed E-state index contributed by atoms with van der Waals surface area (Å²) in [4.78, 5) is 31.5. The molecule has 0 saturated heterocycles. The van der Waals surface area contributed by atoms with Crippen LogP contribution >= 0.6 is 11.3 Å². The Morgan fingerprint density at radius 2 is 2.00 bits per heavy atom. The standard InChI is InChI=1S/C28H28N2O6S/c1-3-11-29(28(32)19-7-8-24-25(14-19)36-18-35-24)16-27(31)30-12-9-26-22(10-13-37-26)23(30)17-34-21-6-4-5-20(15-21)33-2/h3-8,10,13-15,23H,1,9,11-12,16-18H2,2H3/t23-/m0/s1. The van der Waals surface area contributed by atoms with Crippen LogP contribution in [0.3, 0.4) is 0 Å². The SMILES string of the molecule is C=CCN(CC(=O)N1CCc2sccc2[C@@H]1COc1cccc(OC)c1)C(=O)c1ccc2c(c1)OCO2. The van der Waals surface area contributed by atoms with Gasteiger partial charge in [-0.25, -0.2) is 0 Å². The van der Waals surface area contributed by atoms with E-state index in [-0.39, 0.29) is 37.7 Å². The maximum Gasteiger partial charge on any atom is 0.254 e. The lowest BCUT2D eigenvalue weighted by Gasteiger charge is -2.37. The van der Waals surface area contributed by atoms with E-state index in [4.69, 9.17) is 18.9 Å². The lowest BCUT2D eigenvalue weighted by atomic mass is 10.0. The Hall–Kier alpha value is -3.98. The van der Waals surface area contributed by atoms with Crippen LogP contribution in [0.2, 0.25) is 0 Å². The van der Waals surface area contributed by atoms with Crippen molar-refractivity contribution in [2.45, 2.75) is 12.5 Å². The number of carbonyl (C=O) groups excluding carboxylic acids is 2. The van der Waals surface area contributed by atoms with Crippen molar-refractivity contribution in [3.8, 4) is 23.0 Å². The highest BCUT2D eigenvalue weighted by atomic mass is 32.1. The molecule has 9 heteroatoms. The van der Waals surface area contributed by atoms with Gasteiger partial charge in [-0.05, 0) is 53.8 Å². The van der Waals surface area contributed by atoms with E-state index in [1.807, 2.05) is 34.5 Å². The highest BCUT2D eigenvalue weighted by Crippen LogP contribution is 2.35. The molecule has 2 aliphatic heterocycles. The molecule has 0 radical (unpaired) electrons. The second-order valence-corrected chi connectivity index (χ2v) is 9.69. The summed E-state index contributed by atoms with van der Waals surface area (Å²) in [7, 11) is 1.61. The highest BCUT2D eigenvalue weighted by Gasteiger charge is 2.33. The molecule has 0 saturated carbocycles. The second-order valence-electron chi connectivity index (χ2n) is 8.68. The van der Waals surface area contributed by atoms with Crippen molar-refractivity contribution in [2.75, 3.05) is 40.1 Å². The Kier molecular flexibility index (Phi) is 7.32. The van der Waals surface area contributed by atoms with Crippen molar-refractivity contribution in [1.29, 1.82) is 0 Å². The Balaban J connectivity index is 1.33. The summed E-state index contributed by atoms with van der Waals surface area (Å²) < 4.78 is 22.2. The van der Waals surface area contributed by atoms with E-state index in [2.05, 4.69) is 12.6 Å². The van der Waals surface area contributed by atoms with Crippen LogP contribution in [0, 0.1) is 0 Å². The maximum atomic E-state index is 13.6. The summed E-state index contributed by atoms with van der Waals surface area (Å²) in [5.41, 5.74) is 1.51. The van der Waals surface area contributed by atoms with Crippen LogP contribution in [-0.4, -0.2) is 61.8 Å². The van der Waals surface area contributed by atoms with E-state index >= 15 is 0 Å². The number of benzene rings is 2. The number of amides is 2. The average Bonchev–Trinajstić information content (AvgIpc) is 3.60. The van der Waals surface area contributed by atoms with Crippen LogP contribution < -0.4 is 18.9 Å². The molecule has 192 valence electrons. The van der Waals surface area contributed by atoms with Crippen molar-refractivity contribution < 1.29 is 28.5 Å². The molecule has 5 rings (SSSR count). The monoisotopic (exact) mass is 520 g/mol. The average molecular weight is 521 g/mol. The van der Waals surface area contributed by atoms with E-state index in [9.17, 15) is 9.59 Å². The molecule has 0 N–H and O–H groups in total. The minimum atomic E-state index is -0.274. The first-order valence-electron chi connectivity index (χ1n) is 12.0. The minimum absolute atomic E-state index is 0.0750. The molecule has 1 aromatic heterocycles. The van der Waals surface area contributed by atoms with Crippen LogP contribution in [0.15, 0.2) is 66.6 Å². The zero-order chi connectivity index (χ0) is 25.8. The molecule has 37 heavy (non-hydrogen) atoms. The summed E-state index contributed by atoms with van der Waals surface area (Å²) >= 11 is 1.69. The van der Waals surface area contributed by atoms with E-state index in [1.165, 1.54) is 9.78 Å². The maximum absolute atomic E-state index is 13.6. The number of hydrogen-bond acceptors (Lipinski definition) is 7. The summed E-state index contributed by atoms with van der Waals surface area (Å²) in [5.74, 6) is 2.07. The molecule has 0 fully saturated rings. The number of hydrogen-bond donors (Lipinski definition) is 0. The number of ether oxygens (including phenoxy) is 4. The van der Waals surface area contributed by atoms with Crippen LogP contribution in [0.4, 0.5) is 0 Å². The molecule has 0 unspecified atom stereocenters. The van der Waals surface area contributed by atoms with Gasteiger partial charge >= 0.3 is 0 Å². The van der Waals surface area contributed by atoms with Crippen LogP contribution in [0.1, 0.15) is 26.8 Å². The Bertz CT molecular complexity index is 1310. The smallest absolute Gasteiger partial charge is 0.254 e. The van der Waals surface area contributed by atoms with Gasteiger partial charge in [0.1, 0.15) is 24.7 Å². The van der Waals surface area contributed by atoms with Crippen molar-refractivity contribution in [3.63, 3.8) is 0 Å². The van der Waals surface area contributed by atoms with Gasteiger partial charge in [-0.2, -0.15) is 0 Å². The molecule has 0 aliphatic carbocycles. The van der Waals surface area contributed by atoms with Crippen LogP contribution in [0.5, 0.6) is 23.0 Å². The van der Waals surface area contributed by atoms with Crippen molar-refractivity contribution in [2.24, 2.45) is 0 Å². The molecule has 2 aliphatic rings. The molecular weight excluding hydrogens is 492 g/mol. The predicted octanol–water partition coefficient (Wildman–Crippen LogP) is 4.32. The first kappa shape index (κ1) is 24.7. The molecule has 3 aromatic rings. The molecule has 0 bridgehead atoms. The highest BCUT2D eigenvalue weighted by molar-refractivity contribution is 7.10. The third-order valence-electron chi connectivity index (χ3n) is 6.45. The molecular formula is C28H28N2O6S. The lowest BCUT2D eigenvalue weighted by molar-refractivity contribution is -0.135. The molecule has 3 heterocycles. The van der Waals surface area contributed by atoms with E-state index in [0.29, 0.717) is 41.7 Å². The topological polar surface area (TPSA) is 77.5 Å². The van der Waals surface area contributed by atoms with Gasteiger partial charge in [-0.1, -0.05) is 12.1 Å². The Labute approximate surface area is 219 Å². The fourth-order valence-corrected chi connectivity index (χ4v) is 5.51. The van der Waals surface area contributed by atoms with Gasteiger partial charge in [0.2, 0.25) is 12.7 Å². The molecule has 8 nitrogen and oxygen atoms in total. The fourth-order valence-electron chi connectivity index (χ4n) is 4.58. The number of fused-ring (bicyclic) bond motifs is 2. The van der Waals surface area contributed by atoms with Crippen molar-refractivity contribution >= 4 is 23.2 Å². The number of methoxy groups -OCH3 is 1. The van der Waals surface area contributed by atoms with Gasteiger partial charge in [0.15, 0.2) is 11.5 Å². The van der Waals surface area contributed by atoms with Crippen molar-refractivity contribution in [3.05, 3.63) is 82.6 Å². The Morgan fingerprint density at radius 3 is 2.84 bits per heavy atom. The molecule has 2 amide bonds. The van der Waals surface area contributed by atoms with Gasteiger partial charge in [-0.3, -0.25) is 9.59 Å². The minimum Gasteiger partial charge on any atom is -0.497 e. The van der Waals surface area contributed by atoms with Gasteiger partial charge in [-0.15, -0.1) is 17.9 Å². The molecule has 1 atom stereocenters. The zero-order valence-electron chi connectivity index (χ0n) is 20.6. The third-order valence-corrected chi connectivity index (χ3v) is 7.44. The first-order chi connectivity index (χ1) is 18.1. The fraction of sp³-hybridized carbons (Fsp3) is 0.286. The van der Waals surface area contributed by atoms with Crippen molar-refractivity contribution in [1.82, 2.24) is 9.80 Å². The largest absolute Gasteiger partial charge is 0.497 e. The van der Waals surface area contributed by atoms with E-state index in [1.54, 1.807) is 42.7 Å². The first-order valence-corrected chi connectivity index (χ1v) is 12.9. The summed E-state index contributed by atoms with van der Waals surface area (Å²) in [6.45, 7) is 4.91. The predicted molar refractivity (Wildman–Crippen MR) is 140 cm³/mol. The van der Waals surface area contributed by atoms with Gasteiger partial charge in [0.05, 0.1) is 13.2 Å². The van der Waals surface area contributed by atoms with Gasteiger partial charge in [0.25, 0.3) is 5.91 Å². The van der Waals surface area contributed by atoms with E-state index in [0.717, 1.165) is 12.0 Å². The quantitative estimate of drug-likeness (QED) is 0.391. The van der Waals surface area contributed by atoms with Gasteiger partial charge in [0, 0.05) is 29.6 Å². The number of thiophene rings is 1. The number of nitrogens with zero attached hydrogens (tertiary/aromatic N) is 2. The third kappa shape index (κ3) is 5.27. The number of carbonyl (C=O) groups is 2. The normalized spacial score (nSPS) is 15.6.